The smallest absolute Gasteiger partial charge is 0.0797 e. The molecule has 1 aliphatic heterocycles. The second-order valence-electron chi connectivity index (χ2n) is 3.25. The number of hydrogen-bond acceptors (Lipinski definition) is 2. The maximum Gasteiger partial charge on any atom is 0.0797 e. The summed E-state index contributed by atoms with van der Waals surface area (Å²) in [5.74, 6) is 0. The number of hydrogen-bond donors (Lipinski definition) is 1. The molecule has 0 amide bonds. The highest BCUT2D eigenvalue weighted by Gasteiger charge is 2.09. The lowest BCUT2D eigenvalue weighted by molar-refractivity contribution is 0.0977. The summed E-state index contributed by atoms with van der Waals surface area (Å²) in [4.78, 5) is 0. The monoisotopic (exact) mass is 168 g/mol. The third kappa shape index (κ3) is 3.20. The van der Waals surface area contributed by atoms with Crippen molar-refractivity contribution in [1.82, 2.24) is 0 Å². The van der Waals surface area contributed by atoms with Crippen LogP contribution in [0.3, 0.4) is 0 Å². The van der Waals surface area contributed by atoms with Gasteiger partial charge in [0.2, 0.25) is 0 Å². The molecule has 0 radical (unpaired) electrons. The summed E-state index contributed by atoms with van der Waals surface area (Å²) in [5.41, 5.74) is 1.36. The molecule has 1 rings (SSSR count). The third-order valence-electron chi connectivity index (χ3n) is 1.87. The van der Waals surface area contributed by atoms with Crippen LogP contribution in [0, 0.1) is 0 Å². The van der Waals surface area contributed by atoms with Gasteiger partial charge >= 0.3 is 0 Å². The highest BCUT2D eigenvalue weighted by molar-refractivity contribution is 5.08. The Bertz CT molecular complexity index is 192. The molecule has 68 valence electrons. The predicted molar refractivity (Wildman–Crippen MR) is 48.9 cm³/mol. The Labute approximate surface area is 73.5 Å². The summed E-state index contributed by atoms with van der Waals surface area (Å²) in [7, 11) is 0. The van der Waals surface area contributed by atoms with Gasteiger partial charge in [0.05, 0.1) is 18.8 Å². The van der Waals surface area contributed by atoms with E-state index >= 15 is 0 Å². The van der Waals surface area contributed by atoms with Gasteiger partial charge in [0.1, 0.15) is 0 Å². The summed E-state index contributed by atoms with van der Waals surface area (Å²) >= 11 is 0. The van der Waals surface area contributed by atoms with Crippen LogP contribution in [0.15, 0.2) is 23.8 Å². The van der Waals surface area contributed by atoms with Crippen LogP contribution in [0.2, 0.25) is 0 Å². The van der Waals surface area contributed by atoms with Crippen molar-refractivity contribution in [3.8, 4) is 0 Å². The van der Waals surface area contributed by atoms with Crippen LogP contribution in [-0.2, 0) is 4.74 Å². The van der Waals surface area contributed by atoms with E-state index in [0.717, 1.165) is 6.42 Å². The molecule has 0 bridgehead atoms. The van der Waals surface area contributed by atoms with Gasteiger partial charge in [-0.3, -0.25) is 0 Å². The van der Waals surface area contributed by atoms with Crippen LogP contribution in [0.1, 0.15) is 20.3 Å². The third-order valence-corrected chi connectivity index (χ3v) is 1.87. The van der Waals surface area contributed by atoms with E-state index in [1.807, 2.05) is 6.08 Å². The summed E-state index contributed by atoms with van der Waals surface area (Å²) < 4.78 is 5.42. The van der Waals surface area contributed by atoms with Gasteiger partial charge in [0, 0.05) is 0 Å². The van der Waals surface area contributed by atoms with Crippen molar-refractivity contribution in [2.24, 2.45) is 0 Å². The van der Waals surface area contributed by atoms with Gasteiger partial charge in [0.25, 0.3) is 0 Å². The van der Waals surface area contributed by atoms with Gasteiger partial charge in [-0.1, -0.05) is 23.8 Å². The first-order chi connectivity index (χ1) is 5.68. The molecule has 2 atom stereocenters. The fraction of sp³-hybridized carbons (Fsp3) is 0.600. The fourth-order valence-corrected chi connectivity index (χ4v) is 1.18. The molecule has 0 fully saturated rings. The van der Waals surface area contributed by atoms with Gasteiger partial charge in [-0.25, -0.2) is 0 Å². The number of rotatable bonds is 2. The zero-order valence-electron chi connectivity index (χ0n) is 7.66. The van der Waals surface area contributed by atoms with Gasteiger partial charge in [-0.2, -0.15) is 0 Å². The van der Waals surface area contributed by atoms with Crippen LogP contribution in [0.4, 0.5) is 0 Å². The molecule has 0 aliphatic carbocycles. The Hall–Kier alpha value is -0.600. The minimum Gasteiger partial charge on any atom is -0.389 e. The molecule has 2 heteroatoms. The first-order valence-corrected chi connectivity index (χ1v) is 4.32. The van der Waals surface area contributed by atoms with E-state index in [2.05, 4.69) is 13.0 Å². The molecule has 1 aliphatic rings. The van der Waals surface area contributed by atoms with E-state index in [-0.39, 0.29) is 12.2 Å². The molecule has 0 aromatic rings. The largest absolute Gasteiger partial charge is 0.389 e. The van der Waals surface area contributed by atoms with Crippen molar-refractivity contribution in [2.75, 3.05) is 6.61 Å². The summed E-state index contributed by atoms with van der Waals surface area (Å²) in [6.07, 6.45) is 6.52. The molecule has 0 aromatic carbocycles. The molecule has 0 aromatic heterocycles. The lowest BCUT2D eigenvalue weighted by Crippen LogP contribution is -2.15. The van der Waals surface area contributed by atoms with Crippen LogP contribution >= 0.6 is 0 Å². The first-order valence-electron chi connectivity index (χ1n) is 4.32. The van der Waals surface area contributed by atoms with Gasteiger partial charge in [-0.05, 0) is 20.3 Å². The van der Waals surface area contributed by atoms with E-state index < -0.39 is 0 Å². The van der Waals surface area contributed by atoms with Crippen molar-refractivity contribution in [3.05, 3.63) is 23.8 Å². The van der Waals surface area contributed by atoms with Crippen molar-refractivity contribution >= 4 is 0 Å². The molecule has 0 spiro atoms. The molecular formula is C10H16O2. The van der Waals surface area contributed by atoms with Crippen molar-refractivity contribution < 1.29 is 9.84 Å². The predicted octanol–water partition coefficient (Wildman–Crippen LogP) is 1.66. The number of aliphatic hydroxyl groups is 1. The van der Waals surface area contributed by atoms with Crippen molar-refractivity contribution in [3.63, 3.8) is 0 Å². The highest BCUT2D eigenvalue weighted by atomic mass is 16.5. The van der Waals surface area contributed by atoms with Crippen LogP contribution in [-0.4, -0.2) is 23.9 Å². The first kappa shape index (κ1) is 9.49. The van der Waals surface area contributed by atoms with E-state index in [9.17, 15) is 0 Å². The van der Waals surface area contributed by atoms with Crippen molar-refractivity contribution in [2.45, 2.75) is 32.5 Å². The minimum absolute atomic E-state index is 0.157. The van der Waals surface area contributed by atoms with E-state index in [1.54, 1.807) is 13.0 Å². The van der Waals surface area contributed by atoms with E-state index in [0.29, 0.717) is 6.61 Å². The Balaban J connectivity index is 2.40. The second kappa shape index (κ2) is 4.43. The van der Waals surface area contributed by atoms with Gasteiger partial charge in [-0.15, -0.1) is 0 Å². The minimum atomic E-state index is -0.375. The van der Waals surface area contributed by atoms with Gasteiger partial charge < -0.3 is 9.84 Å². The summed E-state index contributed by atoms with van der Waals surface area (Å²) in [6, 6.07) is 0. The number of ether oxygens (including phenoxy) is 1. The van der Waals surface area contributed by atoms with E-state index in [4.69, 9.17) is 9.84 Å². The maximum absolute atomic E-state index is 8.99. The topological polar surface area (TPSA) is 29.5 Å². The molecule has 1 unspecified atom stereocenters. The fourth-order valence-electron chi connectivity index (χ4n) is 1.18. The van der Waals surface area contributed by atoms with Crippen molar-refractivity contribution in [1.29, 1.82) is 0 Å². The van der Waals surface area contributed by atoms with E-state index in [1.165, 1.54) is 5.57 Å². The molecule has 1 N–H and O–H groups in total. The molecule has 0 saturated carbocycles. The Morgan fingerprint density at radius 2 is 2.50 bits per heavy atom. The highest BCUT2D eigenvalue weighted by Crippen LogP contribution is 2.14. The Kier molecular flexibility index (Phi) is 3.50. The Morgan fingerprint density at radius 3 is 3.08 bits per heavy atom. The average molecular weight is 168 g/mol. The van der Waals surface area contributed by atoms with Crippen LogP contribution in [0.25, 0.3) is 0 Å². The second-order valence-corrected chi connectivity index (χ2v) is 3.25. The maximum atomic E-state index is 8.99. The zero-order chi connectivity index (χ0) is 8.97. The standard InChI is InChI=1S/C10H16O2/c1-8-5-6-12-10(7-8)4-3-9(2)11/h3-5,9-11H,6-7H2,1-2H3/b4-3+/t9-,10?/m1/s1. The quantitative estimate of drug-likeness (QED) is 0.635. The molecular weight excluding hydrogens is 152 g/mol. The van der Waals surface area contributed by atoms with Crippen LogP contribution < -0.4 is 0 Å². The average Bonchev–Trinajstić information content (AvgIpc) is 2.01. The number of aliphatic hydroxyl groups excluding tert-OH is 1. The Morgan fingerprint density at radius 1 is 1.75 bits per heavy atom. The lowest BCUT2D eigenvalue weighted by Gasteiger charge is -2.18. The van der Waals surface area contributed by atoms with Crippen LogP contribution in [0.5, 0.6) is 0 Å². The molecule has 0 saturated heterocycles. The summed E-state index contributed by atoms with van der Waals surface area (Å²) in [6.45, 7) is 4.54. The normalized spacial score (nSPS) is 27.2. The lowest BCUT2D eigenvalue weighted by atomic mass is 10.1. The summed E-state index contributed by atoms with van der Waals surface area (Å²) in [5, 5.41) is 8.99. The van der Waals surface area contributed by atoms with Gasteiger partial charge in [0.15, 0.2) is 0 Å². The molecule has 12 heavy (non-hydrogen) atoms. The SMILES string of the molecule is CC1=CCOC(/C=C/[C@@H](C)O)C1. The zero-order valence-corrected chi connectivity index (χ0v) is 7.66. The molecule has 1 heterocycles. The molecule has 2 nitrogen and oxygen atoms in total.